The van der Waals surface area contributed by atoms with Gasteiger partial charge in [-0.25, -0.2) is 9.18 Å². The Morgan fingerprint density at radius 2 is 2.03 bits per heavy atom. The Bertz CT molecular complexity index is 1350. The first kappa shape index (κ1) is 21.4. The lowest BCUT2D eigenvalue weighted by Gasteiger charge is -2.35. The maximum absolute atomic E-state index is 13.7. The van der Waals surface area contributed by atoms with Gasteiger partial charge in [0.05, 0.1) is 18.2 Å². The maximum atomic E-state index is 13.7. The number of aromatic nitrogens is 2. The molecule has 0 spiro atoms. The van der Waals surface area contributed by atoms with Gasteiger partial charge in [-0.3, -0.25) is 4.90 Å². The first-order valence-electron chi connectivity index (χ1n) is 10.2. The molecule has 1 unspecified atom stereocenters. The third-order valence-corrected chi connectivity index (χ3v) is 6.51. The van der Waals surface area contributed by atoms with E-state index in [4.69, 9.17) is 16.1 Å². The highest BCUT2D eigenvalue weighted by Gasteiger charge is 2.36. The third-order valence-electron chi connectivity index (χ3n) is 5.41. The third kappa shape index (κ3) is 4.27. The number of amides is 2. The summed E-state index contributed by atoms with van der Waals surface area (Å²) in [7, 11) is 0. The molecule has 1 N–H and O–H groups in total. The van der Waals surface area contributed by atoms with Crippen LogP contribution in [0.3, 0.4) is 0 Å². The monoisotopic (exact) mass is 480 g/mol. The molecule has 0 fully saturated rings. The maximum Gasteiger partial charge on any atom is 0.322 e. The number of carbonyl (C=O) groups excluding carboxylic acids is 1. The molecule has 4 aromatic rings. The van der Waals surface area contributed by atoms with Crippen molar-refractivity contribution in [1.29, 1.82) is 0 Å². The molecule has 0 saturated carbocycles. The summed E-state index contributed by atoms with van der Waals surface area (Å²) in [6, 6.07) is 16.4. The first-order chi connectivity index (χ1) is 16.0. The summed E-state index contributed by atoms with van der Waals surface area (Å²) < 4.78 is 19.3. The number of nitrogens with one attached hydrogen (secondary N) is 1. The van der Waals surface area contributed by atoms with E-state index in [1.54, 1.807) is 40.5 Å². The number of hydrogen-bond donors (Lipinski definition) is 1. The number of urea groups is 1. The predicted octanol–water partition coefficient (Wildman–Crippen LogP) is 6.29. The van der Waals surface area contributed by atoms with Crippen LogP contribution in [0, 0.1) is 5.82 Å². The van der Waals surface area contributed by atoms with Crippen molar-refractivity contribution in [2.24, 2.45) is 0 Å². The first-order valence-corrected chi connectivity index (χ1v) is 11.4. The predicted molar refractivity (Wildman–Crippen MR) is 125 cm³/mol. The van der Waals surface area contributed by atoms with Gasteiger partial charge < -0.3 is 9.84 Å². The number of nitrogens with zero attached hydrogens (tertiary/aromatic N) is 3. The average molecular weight is 481 g/mol. The Balaban J connectivity index is 1.61. The summed E-state index contributed by atoms with van der Waals surface area (Å²) in [6.45, 7) is 2.26. The minimum Gasteiger partial charge on any atom is -0.334 e. The van der Waals surface area contributed by atoms with Crippen molar-refractivity contribution in [3.05, 3.63) is 98.9 Å². The molecular weight excluding hydrogens is 463 g/mol. The van der Waals surface area contributed by atoms with Gasteiger partial charge in [0, 0.05) is 21.2 Å². The van der Waals surface area contributed by atoms with E-state index in [2.05, 4.69) is 15.5 Å². The number of benzene rings is 2. The molecule has 1 aliphatic rings. The second kappa shape index (κ2) is 8.80. The Morgan fingerprint density at radius 3 is 2.79 bits per heavy atom. The Kier molecular flexibility index (Phi) is 5.70. The lowest BCUT2D eigenvalue weighted by atomic mass is 9.94. The zero-order valence-electron chi connectivity index (χ0n) is 17.5. The number of halogens is 2. The molecule has 0 saturated heterocycles. The molecule has 2 aromatic heterocycles. The standard InChI is InChI=1S/C24H18ClFN4O2S/c1-14-20(23-28-22(29-32-23)16-6-3-8-18(26)12-16)21(15-5-2-7-17(25)11-15)27-24(31)30(14)13-19-9-4-10-33-19/h2-12,21H,13H2,1H3,(H,27,31). The second-order valence-corrected chi connectivity index (χ2v) is 9.00. The SMILES string of the molecule is CC1=C(c2nc(-c3cccc(F)c3)no2)C(c2cccc(Cl)c2)NC(=O)N1Cc1cccs1. The van der Waals surface area contributed by atoms with E-state index in [1.807, 2.05) is 36.6 Å². The molecule has 0 radical (unpaired) electrons. The van der Waals surface area contributed by atoms with Crippen molar-refractivity contribution < 1.29 is 13.7 Å². The van der Waals surface area contributed by atoms with E-state index >= 15 is 0 Å². The highest BCUT2D eigenvalue weighted by Crippen LogP contribution is 2.38. The van der Waals surface area contributed by atoms with Gasteiger partial charge >= 0.3 is 6.03 Å². The van der Waals surface area contributed by atoms with Crippen LogP contribution in [0.4, 0.5) is 9.18 Å². The summed E-state index contributed by atoms with van der Waals surface area (Å²) in [5.74, 6) is 0.113. The Morgan fingerprint density at radius 1 is 1.18 bits per heavy atom. The van der Waals surface area contributed by atoms with E-state index in [1.165, 1.54) is 12.1 Å². The van der Waals surface area contributed by atoms with Crippen LogP contribution < -0.4 is 5.32 Å². The largest absolute Gasteiger partial charge is 0.334 e. The Hall–Kier alpha value is -3.49. The second-order valence-electron chi connectivity index (χ2n) is 7.54. The van der Waals surface area contributed by atoms with E-state index in [-0.39, 0.29) is 17.7 Å². The summed E-state index contributed by atoms with van der Waals surface area (Å²) in [5.41, 5.74) is 2.62. The highest BCUT2D eigenvalue weighted by molar-refractivity contribution is 7.09. The topological polar surface area (TPSA) is 71.3 Å². The van der Waals surface area contributed by atoms with E-state index in [0.717, 1.165) is 10.4 Å². The van der Waals surface area contributed by atoms with Gasteiger partial charge in [0.2, 0.25) is 5.82 Å². The number of rotatable bonds is 5. The molecule has 1 atom stereocenters. The van der Waals surface area contributed by atoms with Gasteiger partial charge in [-0.2, -0.15) is 4.98 Å². The fourth-order valence-electron chi connectivity index (χ4n) is 3.82. The molecule has 9 heteroatoms. The molecule has 0 bridgehead atoms. The van der Waals surface area contributed by atoms with E-state index in [9.17, 15) is 9.18 Å². The Labute approximate surface area is 198 Å². The zero-order chi connectivity index (χ0) is 22.9. The molecule has 2 amide bonds. The summed E-state index contributed by atoms with van der Waals surface area (Å²) in [6.07, 6.45) is 0. The van der Waals surface area contributed by atoms with Gasteiger partial charge in [0.1, 0.15) is 5.82 Å². The number of hydrogen-bond acceptors (Lipinski definition) is 5. The molecule has 33 heavy (non-hydrogen) atoms. The van der Waals surface area contributed by atoms with E-state index in [0.29, 0.717) is 28.4 Å². The molecule has 2 aromatic carbocycles. The van der Waals surface area contributed by atoms with Crippen molar-refractivity contribution >= 4 is 34.5 Å². The number of thiophene rings is 1. The van der Waals surface area contributed by atoms with Gasteiger partial charge in [0.15, 0.2) is 0 Å². The quantitative estimate of drug-likeness (QED) is 0.364. The molecular formula is C24H18ClFN4O2S. The molecule has 1 aliphatic heterocycles. The lowest BCUT2D eigenvalue weighted by molar-refractivity contribution is 0.203. The van der Waals surface area contributed by atoms with Gasteiger partial charge in [0.25, 0.3) is 5.89 Å². The average Bonchev–Trinajstić information content (AvgIpc) is 3.49. The van der Waals surface area contributed by atoms with Crippen LogP contribution in [0.5, 0.6) is 0 Å². The molecule has 6 nitrogen and oxygen atoms in total. The van der Waals surface area contributed by atoms with Crippen LogP contribution in [-0.2, 0) is 6.54 Å². The number of allylic oxidation sites excluding steroid dienone is 1. The lowest BCUT2D eigenvalue weighted by Crippen LogP contribution is -2.45. The van der Waals surface area contributed by atoms with Crippen LogP contribution in [0.15, 0.2) is 76.3 Å². The summed E-state index contributed by atoms with van der Waals surface area (Å²) >= 11 is 7.80. The fraction of sp³-hybridized carbons (Fsp3) is 0.125. The van der Waals surface area contributed by atoms with Crippen LogP contribution >= 0.6 is 22.9 Å². The van der Waals surface area contributed by atoms with Crippen LogP contribution in [-0.4, -0.2) is 21.1 Å². The van der Waals surface area contributed by atoms with Gasteiger partial charge in [-0.1, -0.05) is 47.1 Å². The van der Waals surface area contributed by atoms with Gasteiger partial charge in [-0.05, 0) is 48.2 Å². The van der Waals surface area contributed by atoms with Crippen molar-refractivity contribution in [3.8, 4) is 11.4 Å². The van der Waals surface area contributed by atoms with Crippen molar-refractivity contribution in [3.63, 3.8) is 0 Å². The molecule has 5 rings (SSSR count). The van der Waals surface area contributed by atoms with Crippen molar-refractivity contribution in [2.75, 3.05) is 0 Å². The van der Waals surface area contributed by atoms with Crippen LogP contribution in [0.2, 0.25) is 5.02 Å². The molecule has 0 aliphatic carbocycles. The smallest absolute Gasteiger partial charge is 0.322 e. The molecule has 166 valence electrons. The van der Waals surface area contributed by atoms with Gasteiger partial charge in [-0.15, -0.1) is 11.3 Å². The summed E-state index contributed by atoms with van der Waals surface area (Å²) in [4.78, 5) is 20.3. The van der Waals surface area contributed by atoms with Crippen LogP contribution in [0.25, 0.3) is 17.0 Å². The minimum atomic E-state index is -0.545. The zero-order valence-corrected chi connectivity index (χ0v) is 19.0. The van der Waals surface area contributed by atoms with E-state index < -0.39 is 11.9 Å². The molecule has 3 heterocycles. The summed E-state index contributed by atoms with van der Waals surface area (Å²) in [5, 5.41) is 9.62. The minimum absolute atomic E-state index is 0.237. The van der Waals surface area contributed by atoms with Crippen LogP contribution in [0.1, 0.15) is 29.3 Å². The van der Waals surface area contributed by atoms with Crippen molar-refractivity contribution in [1.82, 2.24) is 20.4 Å². The highest BCUT2D eigenvalue weighted by atomic mass is 35.5. The normalized spacial score (nSPS) is 16.3. The van der Waals surface area contributed by atoms with Crippen molar-refractivity contribution in [2.45, 2.75) is 19.5 Å². The fourth-order valence-corrected chi connectivity index (χ4v) is 4.71. The number of carbonyl (C=O) groups is 1.